The molecule has 0 aliphatic carbocycles. The minimum absolute atomic E-state index is 0.197. The number of nitrogens with zero attached hydrogens (tertiary/aromatic N) is 1. The lowest BCUT2D eigenvalue weighted by molar-refractivity contribution is -0.137. The Bertz CT molecular complexity index is 1260. The second-order valence-electron chi connectivity index (χ2n) is 6.70. The highest BCUT2D eigenvalue weighted by molar-refractivity contribution is 6.39. The van der Waals surface area contributed by atoms with E-state index in [1.165, 1.54) is 30.5 Å². The average molecular weight is 490 g/mol. The van der Waals surface area contributed by atoms with E-state index in [0.717, 1.165) is 12.1 Å². The van der Waals surface area contributed by atoms with Crippen LogP contribution in [-0.2, 0) is 15.8 Å². The molecule has 7 nitrogen and oxygen atoms in total. The van der Waals surface area contributed by atoms with E-state index in [-0.39, 0.29) is 17.0 Å². The van der Waals surface area contributed by atoms with Gasteiger partial charge in [0.25, 0.3) is 0 Å². The summed E-state index contributed by atoms with van der Waals surface area (Å²) in [6, 6.07) is 16.2. The van der Waals surface area contributed by atoms with Gasteiger partial charge < -0.3 is 10.1 Å². The second kappa shape index (κ2) is 10.6. The zero-order valence-corrected chi connectivity index (χ0v) is 17.9. The van der Waals surface area contributed by atoms with Gasteiger partial charge in [-0.2, -0.15) is 18.3 Å². The average Bonchev–Trinajstić information content (AvgIpc) is 2.79. The van der Waals surface area contributed by atoms with Crippen molar-refractivity contribution in [2.75, 3.05) is 5.32 Å². The molecule has 0 aliphatic heterocycles. The van der Waals surface area contributed by atoms with Gasteiger partial charge >= 0.3 is 24.0 Å². The third-order valence-electron chi connectivity index (χ3n) is 4.16. The number of nitrogens with one attached hydrogen (secondary N) is 2. The van der Waals surface area contributed by atoms with Gasteiger partial charge in [-0.3, -0.25) is 9.59 Å². The molecule has 0 aromatic heterocycles. The highest BCUT2D eigenvalue weighted by Gasteiger charge is 2.30. The summed E-state index contributed by atoms with van der Waals surface area (Å²) in [7, 11) is 0. The van der Waals surface area contributed by atoms with E-state index in [4.69, 9.17) is 16.3 Å². The maximum absolute atomic E-state index is 12.7. The highest BCUT2D eigenvalue weighted by atomic mass is 35.5. The summed E-state index contributed by atoms with van der Waals surface area (Å²) in [6.07, 6.45) is -3.41. The van der Waals surface area contributed by atoms with Crippen LogP contribution >= 0.6 is 11.6 Å². The van der Waals surface area contributed by atoms with E-state index in [1.807, 2.05) is 5.43 Å². The first-order valence-corrected chi connectivity index (χ1v) is 9.89. The predicted octanol–water partition coefficient (Wildman–Crippen LogP) is 4.67. The lowest BCUT2D eigenvalue weighted by Crippen LogP contribution is -2.32. The highest BCUT2D eigenvalue weighted by Crippen LogP contribution is 2.30. The van der Waals surface area contributed by atoms with E-state index in [1.54, 1.807) is 30.3 Å². The van der Waals surface area contributed by atoms with Gasteiger partial charge in [-0.05, 0) is 54.1 Å². The number of esters is 1. The first kappa shape index (κ1) is 24.5. The van der Waals surface area contributed by atoms with Crippen molar-refractivity contribution in [3.8, 4) is 5.75 Å². The van der Waals surface area contributed by atoms with Crippen molar-refractivity contribution < 1.29 is 32.3 Å². The van der Waals surface area contributed by atoms with E-state index in [2.05, 4.69) is 10.4 Å². The fourth-order valence-electron chi connectivity index (χ4n) is 2.62. The van der Waals surface area contributed by atoms with Crippen molar-refractivity contribution in [2.24, 2.45) is 5.10 Å². The molecule has 3 aromatic carbocycles. The van der Waals surface area contributed by atoms with E-state index >= 15 is 0 Å². The van der Waals surface area contributed by atoms with Crippen LogP contribution in [0.15, 0.2) is 77.9 Å². The monoisotopic (exact) mass is 489 g/mol. The Morgan fingerprint density at radius 1 is 0.912 bits per heavy atom. The summed E-state index contributed by atoms with van der Waals surface area (Å²) in [5, 5.41) is 6.07. The zero-order chi connectivity index (χ0) is 24.7. The van der Waals surface area contributed by atoms with Crippen molar-refractivity contribution in [1.82, 2.24) is 5.43 Å². The molecule has 0 unspecified atom stereocenters. The Hall–Kier alpha value is -4.18. The quantitative estimate of drug-likeness (QED) is 0.179. The normalized spacial score (nSPS) is 11.2. The van der Waals surface area contributed by atoms with Gasteiger partial charge in [0, 0.05) is 10.7 Å². The zero-order valence-electron chi connectivity index (χ0n) is 17.1. The van der Waals surface area contributed by atoms with Crippen LogP contribution in [0.3, 0.4) is 0 Å². The number of ether oxygens (including phenoxy) is 1. The summed E-state index contributed by atoms with van der Waals surface area (Å²) in [5.41, 5.74) is 1.47. The Balaban J connectivity index is 1.57. The molecule has 0 bridgehead atoms. The molecular weight excluding hydrogens is 475 g/mol. The van der Waals surface area contributed by atoms with Gasteiger partial charge in [-0.25, -0.2) is 10.2 Å². The fourth-order valence-corrected chi connectivity index (χ4v) is 2.81. The number of hydrazone groups is 1. The number of anilines is 1. The summed E-state index contributed by atoms with van der Waals surface area (Å²) in [5.74, 6) is -2.84. The number of amides is 2. The summed E-state index contributed by atoms with van der Waals surface area (Å²) in [6.45, 7) is 0. The van der Waals surface area contributed by atoms with Crippen molar-refractivity contribution >= 4 is 41.3 Å². The van der Waals surface area contributed by atoms with Crippen molar-refractivity contribution in [3.05, 3.63) is 94.5 Å². The van der Waals surface area contributed by atoms with Crippen LogP contribution in [0.1, 0.15) is 21.5 Å². The molecule has 0 heterocycles. The maximum atomic E-state index is 12.7. The van der Waals surface area contributed by atoms with Crippen LogP contribution in [0.5, 0.6) is 5.75 Å². The molecule has 0 atom stereocenters. The van der Waals surface area contributed by atoms with Crippen molar-refractivity contribution in [2.45, 2.75) is 6.18 Å². The fraction of sp³-hybridized carbons (Fsp3) is 0.0435. The lowest BCUT2D eigenvalue weighted by Gasteiger charge is -2.09. The Kier molecular flexibility index (Phi) is 7.64. The molecule has 34 heavy (non-hydrogen) atoms. The van der Waals surface area contributed by atoms with Gasteiger partial charge in [-0.1, -0.05) is 35.9 Å². The van der Waals surface area contributed by atoms with Crippen LogP contribution in [0.2, 0.25) is 5.02 Å². The van der Waals surface area contributed by atoms with Crippen LogP contribution in [0.25, 0.3) is 0 Å². The molecule has 0 saturated carbocycles. The number of alkyl halides is 3. The summed E-state index contributed by atoms with van der Waals surface area (Å²) >= 11 is 5.86. The number of rotatable bonds is 5. The van der Waals surface area contributed by atoms with Crippen LogP contribution in [-0.4, -0.2) is 24.0 Å². The van der Waals surface area contributed by atoms with Gasteiger partial charge in [0.1, 0.15) is 5.75 Å². The lowest BCUT2D eigenvalue weighted by atomic mass is 10.2. The van der Waals surface area contributed by atoms with Crippen LogP contribution in [0, 0.1) is 0 Å². The molecule has 2 amide bonds. The third kappa shape index (κ3) is 6.91. The van der Waals surface area contributed by atoms with Gasteiger partial charge in [0.2, 0.25) is 0 Å². The maximum Gasteiger partial charge on any atom is 0.416 e. The predicted molar refractivity (Wildman–Crippen MR) is 119 cm³/mol. The van der Waals surface area contributed by atoms with Crippen LogP contribution in [0.4, 0.5) is 18.9 Å². The van der Waals surface area contributed by atoms with Gasteiger partial charge in [-0.15, -0.1) is 0 Å². The smallest absolute Gasteiger partial charge is 0.416 e. The SMILES string of the molecule is O=C(N/N=C/c1cccc(OC(=O)c2cccc(Cl)c2)c1)C(=O)Nc1cccc(C(F)(F)F)c1. The third-order valence-corrected chi connectivity index (χ3v) is 4.40. The largest absolute Gasteiger partial charge is 0.423 e. The van der Waals surface area contributed by atoms with Crippen molar-refractivity contribution in [1.29, 1.82) is 0 Å². The first-order chi connectivity index (χ1) is 16.1. The minimum Gasteiger partial charge on any atom is -0.423 e. The van der Waals surface area contributed by atoms with Gasteiger partial charge in [0.05, 0.1) is 17.3 Å². The number of hydrogen-bond donors (Lipinski definition) is 2. The molecular formula is C23H15ClF3N3O4. The Morgan fingerprint density at radius 3 is 2.38 bits per heavy atom. The summed E-state index contributed by atoms with van der Waals surface area (Å²) in [4.78, 5) is 36.0. The van der Waals surface area contributed by atoms with E-state index in [9.17, 15) is 27.6 Å². The number of benzene rings is 3. The molecule has 0 saturated heterocycles. The molecule has 0 aliphatic rings. The Labute approximate surface area is 196 Å². The number of carbonyl (C=O) groups excluding carboxylic acids is 3. The van der Waals surface area contributed by atoms with Gasteiger partial charge in [0.15, 0.2) is 0 Å². The molecule has 3 rings (SSSR count). The Morgan fingerprint density at radius 2 is 1.65 bits per heavy atom. The summed E-state index contributed by atoms with van der Waals surface area (Å²) < 4.78 is 43.5. The van der Waals surface area contributed by atoms with E-state index < -0.39 is 29.5 Å². The first-order valence-electron chi connectivity index (χ1n) is 9.51. The topological polar surface area (TPSA) is 96.9 Å². The molecule has 0 spiro atoms. The molecule has 11 heteroatoms. The number of hydrogen-bond acceptors (Lipinski definition) is 5. The molecule has 0 radical (unpaired) electrons. The molecule has 174 valence electrons. The van der Waals surface area contributed by atoms with Crippen LogP contribution < -0.4 is 15.5 Å². The van der Waals surface area contributed by atoms with E-state index in [0.29, 0.717) is 16.7 Å². The number of carbonyl (C=O) groups is 3. The second-order valence-corrected chi connectivity index (χ2v) is 7.14. The standard InChI is InChI=1S/C23H15ClF3N3O4/c24-17-7-2-5-15(11-17)22(33)34-19-9-1-4-14(10-19)13-28-30-21(32)20(31)29-18-8-3-6-16(12-18)23(25,26)27/h1-13H,(H,29,31)(H,30,32)/b28-13+. The molecule has 2 N–H and O–H groups in total. The number of halogens is 4. The van der Waals surface area contributed by atoms with Crippen molar-refractivity contribution in [3.63, 3.8) is 0 Å². The minimum atomic E-state index is -4.59. The molecule has 0 fully saturated rings. The molecule has 3 aromatic rings.